The summed E-state index contributed by atoms with van der Waals surface area (Å²) in [6, 6.07) is 9.10. The second kappa shape index (κ2) is 6.37. The lowest BCUT2D eigenvalue weighted by Gasteiger charge is -2.19. The summed E-state index contributed by atoms with van der Waals surface area (Å²) in [5.41, 5.74) is 3.56. The molecular weight excluding hydrogens is 288 g/mol. The number of hydrogen-bond donors (Lipinski definition) is 1. The Kier molecular flexibility index (Phi) is 4.76. The van der Waals surface area contributed by atoms with Gasteiger partial charge in [-0.3, -0.25) is 0 Å². The van der Waals surface area contributed by atoms with E-state index in [1.807, 2.05) is 26.0 Å². The van der Waals surface area contributed by atoms with Crippen molar-refractivity contribution in [2.45, 2.75) is 20.0 Å². The number of hydrogen-bond acceptors (Lipinski definition) is 3. The first-order chi connectivity index (χ1) is 9.99. The van der Waals surface area contributed by atoms with Crippen molar-refractivity contribution in [3.63, 3.8) is 0 Å². The third kappa shape index (κ3) is 2.99. The number of rotatable bonds is 4. The first-order valence-corrected chi connectivity index (χ1v) is 7.03. The lowest BCUT2D eigenvalue weighted by atomic mass is 9.96. The fourth-order valence-electron chi connectivity index (χ4n) is 2.33. The van der Waals surface area contributed by atoms with Crippen molar-refractivity contribution in [2.24, 2.45) is 0 Å². The molecule has 0 aliphatic rings. The van der Waals surface area contributed by atoms with Crippen LogP contribution in [0.3, 0.4) is 0 Å². The minimum absolute atomic E-state index is 0.469. The van der Waals surface area contributed by atoms with Crippen LogP contribution in [0.5, 0.6) is 11.5 Å². The van der Waals surface area contributed by atoms with Gasteiger partial charge >= 0.3 is 0 Å². The van der Waals surface area contributed by atoms with Gasteiger partial charge in [0.1, 0.15) is 17.6 Å². The van der Waals surface area contributed by atoms with Crippen LogP contribution in [0.4, 0.5) is 0 Å². The number of methoxy groups -OCH3 is 2. The zero-order valence-corrected chi connectivity index (χ0v) is 13.4. The number of aliphatic hydroxyl groups excluding tert-OH is 1. The van der Waals surface area contributed by atoms with Crippen LogP contribution in [0.25, 0.3) is 0 Å². The fraction of sp³-hybridized carbons (Fsp3) is 0.294. The molecule has 0 amide bonds. The van der Waals surface area contributed by atoms with E-state index < -0.39 is 6.10 Å². The maximum absolute atomic E-state index is 10.6. The third-order valence-corrected chi connectivity index (χ3v) is 3.99. The predicted octanol–water partition coefficient (Wildman–Crippen LogP) is 4.06. The molecule has 4 heteroatoms. The number of aliphatic hydroxyl groups is 1. The van der Waals surface area contributed by atoms with Crippen molar-refractivity contribution < 1.29 is 14.6 Å². The Morgan fingerprint density at radius 1 is 1.05 bits per heavy atom. The van der Waals surface area contributed by atoms with Gasteiger partial charge in [-0.2, -0.15) is 0 Å². The molecule has 0 saturated heterocycles. The van der Waals surface area contributed by atoms with E-state index in [1.54, 1.807) is 32.4 Å². The van der Waals surface area contributed by atoms with E-state index in [2.05, 4.69) is 0 Å². The minimum atomic E-state index is -0.803. The Hall–Kier alpha value is -1.71. The molecule has 0 aliphatic heterocycles. The smallest absolute Gasteiger partial charge is 0.137 e. The highest BCUT2D eigenvalue weighted by atomic mass is 35.5. The Bertz CT molecular complexity index is 653. The highest BCUT2D eigenvalue weighted by Crippen LogP contribution is 2.36. The molecular formula is C17H19ClO3. The average Bonchev–Trinajstić information content (AvgIpc) is 2.49. The summed E-state index contributed by atoms with van der Waals surface area (Å²) in [5, 5.41) is 11.1. The van der Waals surface area contributed by atoms with Crippen LogP contribution in [-0.4, -0.2) is 19.3 Å². The summed E-state index contributed by atoms with van der Waals surface area (Å²) in [6.07, 6.45) is -0.803. The molecule has 2 aromatic rings. The predicted molar refractivity (Wildman–Crippen MR) is 84.5 cm³/mol. The summed E-state index contributed by atoms with van der Waals surface area (Å²) >= 11 is 6.12. The first kappa shape index (κ1) is 15.7. The number of aryl methyl sites for hydroxylation is 1. The fourth-order valence-corrected chi connectivity index (χ4v) is 2.60. The SMILES string of the molecule is COc1ccc(C(O)c2ccc(C)c(C)c2OC)cc1Cl. The quantitative estimate of drug-likeness (QED) is 0.926. The third-order valence-electron chi connectivity index (χ3n) is 3.70. The minimum Gasteiger partial charge on any atom is -0.496 e. The molecule has 1 unspecified atom stereocenters. The van der Waals surface area contributed by atoms with Gasteiger partial charge in [0.25, 0.3) is 0 Å². The van der Waals surface area contributed by atoms with Gasteiger partial charge in [0.2, 0.25) is 0 Å². The molecule has 21 heavy (non-hydrogen) atoms. The van der Waals surface area contributed by atoms with Crippen molar-refractivity contribution in [3.05, 3.63) is 57.6 Å². The molecule has 0 fully saturated rings. The Morgan fingerprint density at radius 2 is 1.76 bits per heavy atom. The van der Waals surface area contributed by atoms with Crippen molar-refractivity contribution in [1.29, 1.82) is 0 Å². The summed E-state index contributed by atoms with van der Waals surface area (Å²) in [4.78, 5) is 0. The standard InChI is InChI=1S/C17H19ClO3/c1-10-5-7-13(17(21-4)11(10)2)16(19)12-6-8-15(20-3)14(18)9-12/h5-9,16,19H,1-4H3. The first-order valence-electron chi connectivity index (χ1n) is 6.65. The zero-order chi connectivity index (χ0) is 15.6. The van der Waals surface area contributed by atoms with Crippen LogP contribution in [0.15, 0.2) is 30.3 Å². The zero-order valence-electron chi connectivity index (χ0n) is 12.6. The van der Waals surface area contributed by atoms with Crippen LogP contribution in [-0.2, 0) is 0 Å². The molecule has 0 radical (unpaired) electrons. The highest BCUT2D eigenvalue weighted by molar-refractivity contribution is 6.32. The van der Waals surface area contributed by atoms with Gasteiger partial charge in [-0.1, -0.05) is 29.8 Å². The van der Waals surface area contributed by atoms with Crippen LogP contribution < -0.4 is 9.47 Å². The second-order valence-electron chi connectivity index (χ2n) is 4.93. The van der Waals surface area contributed by atoms with E-state index in [4.69, 9.17) is 21.1 Å². The van der Waals surface area contributed by atoms with Crippen molar-refractivity contribution >= 4 is 11.6 Å². The lowest BCUT2D eigenvalue weighted by molar-refractivity contribution is 0.214. The summed E-state index contributed by atoms with van der Waals surface area (Å²) in [5.74, 6) is 1.29. The highest BCUT2D eigenvalue weighted by Gasteiger charge is 2.19. The van der Waals surface area contributed by atoms with Crippen molar-refractivity contribution in [1.82, 2.24) is 0 Å². The Morgan fingerprint density at radius 3 is 2.33 bits per heavy atom. The van der Waals surface area contributed by atoms with Gasteiger partial charge < -0.3 is 14.6 Å². The summed E-state index contributed by atoms with van der Waals surface area (Å²) in [7, 11) is 3.17. The van der Waals surface area contributed by atoms with Gasteiger partial charge in [-0.15, -0.1) is 0 Å². The lowest BCUT2D eigenvalue weighted by Crippen LogP contribution is -2.05. The Balaban J connectivity index is 2.47. The molecule has 2 aromatic carbocycles. The number of benzene rings is 2. The van der Waals surface area contributed by atoms with Gasteiger partial charge in [0.05, 0.1) is 19.2 Å². The van der Waals surface area contributed by atoms with Crippen LogP contribution in [0.2, 0.25) is 5.02 Å². The van der Waals surface area contributed by atoms with Crippen LogP contribution in [0, 0.1) is 13.8 Å². The summed E-state index contributed by atoms with van der Waals surface area (Å²) < 4.78 is 10.6. The van der Waals surface area contributed by atoms with E-state index in [-0.39, 0.29) is 0 Å². The molecule has 0 aliphatic carbocycles. The molecule has 3 nitrogen and oxygen atoms in total. The largest absolute Gasteiger partial charge is 0.496 e. The van der Waals surface area contributed by atoms with E-state index in [9.17, 15) is 5.11 Å². The van der Waals surface area contributed by atoms with E-state index in [0.717, 1.165) is 16.7 Å². The van der Waals surface area contributed by atoms with Gasteiger partial charge in [0.15, 0.2) is 0 Å². The van der Waals surface area contributed by atoms with E-state index >= 15 is 0 Å². The molecule has 0 saturated carbocycles. The normalized spacial score (nSPS) is 12.1. The van der Waals surface area contributed by atoms with Crippen LogP contribution in [0.1, 0.15) is 28.4 Å². The maximum atomic E-state index is 10.6. The number of halogens is 1. The molecule has 0 spiro atoms. The molecule has 112 valence electrons. The van der Waals surface area contributed by atoms with Crippen molar-refractivity contribution in [2.75, 3.05) is 14.2 Å². The molecule has 1 atom stereocenters. The number of ether oxygens (including phenoxy) is 2. The molecule has 0 aromatic heterocycles. The average molecular weight is 307 g/mol. The monoisotopic (exact) mass is 306 g/mol. The van der Waals surface area contributed by atoms with E-state index in [1.165, 1.54) is 0 Å². The molecule has 1 N–H and O–H groups in total. The molecule has 2 rings (SSSR count). The van der Waals surface area contributed by atoms with Crippen molar-refractivity contribution in [3.8, 4) is 11.5 Å². The topological polar surface area (TPSA) is 38.7 Å². The van der Waals surface area contributed by atoms with Gasteiger partial charge in [0, 0.05) is 5.56 Å². The van der Waals surface area contributed by atoms with Gasteiger partial charge in [-0.25, -0.2) is 0 Å². The van der Waals surface area contributed by atoms with Crippen LogP contribution >= 0.6 is 11.6 Å². The van der Waals surface area contributed by atoms with Gasteiger partial charge in [-0.05, 0) is 42.7 Å². The summed E-state index contributed by atoms with van der Waals surface area (Å²) in [6.45, 7) is 3.99. The maximum Gasteiger partial charge on any atom is 0.137 e. The molecule has 0 bridgehead atoms. The van der Waals surface area contributed by atoms with E-state index in [0.29, 0.717) is 22.1 Å². The molecule has 0 heterocycles. The Labute approximate surface area is 130 Å². The second-order valence-corrected chi connectivity index (χ2v) is 5.33.